The summed E-state index contributed by atoms with van der Waals surface area (Å²) >= 11 is 0. The zero-order valence-corrected chi connectivity index (χ0v) is 17.9. The molecule has 1 aliphatic rings. The van der Waals surface area contributed by atoms with E-state index in [1.54, 1.807) is 0 Å². The van der Waals surface area contributed by atoms with Crippen LogP contribution in [0.15, 0.2) is 91.0 Å². The van der Waals surface area contributed by atoms with Gasteiger partial charge in [-0.05, 0) is 35.4 Å². The molecule has 3 aromatic carbocycles. The first kappa shape index (κ1) is 20.2. The topological polar surface area (TPSA) is 48.5 Å². The summed E-state index contributed by atoms with van der Waals surface area (Å²) in [5, 5.41) is 4.14. The fourth-order valence-electron chi connectivity index (χ4n) is 4.24. The maximum absolute atomic E-state index is 12.4. The number of carbonyl (C=O) groups is 1. The molecule has 2 heterocycles. The number of hydrogen-bond acceptors (Lipinski definition) is 4. The van der Waals surface area contributed by atoms with E-state index in [9.17, 15) is 4.79 Å². The number of piperazine rings is 1. The molecule has 1 N–H and O–H groups in total. The van der Waals surface area contributed by atoms with Crippen molar-refractivity contribution >= 4 is 28.3 Å². The highest BCUT2D eigenvalue weighted by Gasteiger charge is 2.21. The number of anilines is 2. The molecular weight excluding hydrogens is 396 g/mol. The van der Waals surface area contributed by atoms with Crippen molar-refractivity contribution in [2.45, 2.75) is 0 Å². The lowest BCUT2D eigenvalue weighted by atomic mass is 10.0. The second kappa shape index (κ2) is 9.20. The molecular formula is C27H26N4O. The Kier molecular flexibility index (Phi) is 5.81. The average Bonchev–Trinajstić information content (AvgIpc) is 2.85. The van der Waals surface area contributed by atoms with Crippen molar-refractivity contribution in [2.75, 3.05) is 42.9 Å². The van der Waals surface area contributed by atoms with Crippen LogP contribution in [0, 0.1) is 0 Å². The number of rotatable bonds is 5. The van der Waals surface area contributed by atoms with Gasteiger partial charge in [0, 0.05) is 37.3 Å². The van der Waals surface area contributed by atoms with Gasteiger partial charge in [0.2, 0.25) is 5.91 Å². The lowest BCUT2D eigenvalue weighted by molar-refractivity contribution is -0.117. The van der Waals surface area contributed by atoms with Crippen LogP contribution in [0.4, 0.5) is 11.5 Å². The SMILES string of the molecule is O=C(CN1CCN(c2cc(-c3ccccc3)c3ccccc3n2)CC1)Nc1ccccc1. The maximum Gasteiger partial charge on any atom is 0.238 e. The number of amides is 1. The number of benzene rings is 3. The maximum atomic E-state index is 12.4. The van der Waals surface area contributed by atoms with Crippen molar-refractivity contribution in [3.8, 4) is 11.1 Å². The number of carbonyl (C=O) groups excluding carboxylic acids is 1. The van der Waals surface area contributed by atoms with Gasteiger partial charge in [0.05, 0.1) is 12.1 Å². The second-order valence-electron chi connectivity index (χ2n) is 8.09. The van der Waals surface area contributed by atoms with Crippen molar-refractivity contribution in [3.05, 3.63) is 91.0 Å². The largest absolute Gasteiger partial charge is 0.354 e. The number of nitrogens with one attached hydrogen (secondary N) is 1. The van der Waals surface area contributed by atoms with E-state index in [4.69, 9.17) is 4.98 Å². The number of fused-ring (bicyclic) bond motifs is 1. The van der Waals surface area contributed by atoms with Crippen LogP contribution in [-0.4, -0.2) is 48.5 Å². The third-order valence-electron chi connectivity index (χ3n) is 5.91. The molecule has 4 aromatic rings. The third kappa shape index (κ3) is 4.48. The molecule has 5 nitrogen and oxygen atoms in total. The summed E-state index contributed by atoms with van der Waals surface area (Å²) in [5.74, 6) is 1.02. The van der Waals surface area contributed by atoms with Gasteiger partial charge in [0.15, 0.2) is 0 Å². The highest BCUT2D eigenvalue weighted by atomic mass is 16.2. The Labute approximate surface area is 188 Å². The minimum absolute atomic E-state index is 0.0276. The second-order valence-corrected chi connectivity index (χ2v) is 8.09. The molecule has 0 aliphatic carbocycles. The van der Waals surface area contributed by atoms with E-state index in [2.05, 4.69) is 63.6 Å². The Bertz CT molecular complexity index is 1200. The summed E-state index contributed by atoms with van der Waals surface area (Å²) in [6.45, 7) is 3.76. The van der Waals surface area contributed by atoms with Crippen molar-refractivity contribution in [2.24, 2.45) is 0 Å². The Hall–Kier alpha value is -3.70. The lowest BCUT2D eigenvalue weighted by Crippen LogP contribution is -2.49. The summed E-state index contributed by atoms with van der Waals surface area (Å²) in [5.41, 5.74) is 4.25. The van der Waals surface area contributed by atoms with E-state index in [0.717, 1.165) is 43.2 Å². The molecule has 32 heavy (non-hydrogen) atoms. The van der Waals surface area contributed by atoms with Gasteiger partial charge in [-0.3, -0.25) is 9.69 Å². The Morgan fingerprint density at radius 3 is 2.22 bits per heavy atom. The van der Waals surface area contributed by atoms with Crippen LogP contribution < -0.4 is 10.2 Å². The summed E-state index contributed by atoms with van der Waals surface area (Å²) < 4.78 is 0. The Morgan fingerprint density at radius 2 is 1.47 bits per heavy atom. The predicted octanol–water partition coefficient (Wildman–Crippen LogP) is 4.66. The molecule has 160 valence electrons. The molecule has 0 saturated carbocycles. The number of para-hydroxylation sites is 2. The van der Waals surface area contributed by atoms with E-state index in [1.165, 1.54) is 16.5 Å². The fourth-order valence-corrected chi connectivity index (χ4v) is 4.24. The molecule has 0 spiro atoms. The first-order chi connectivity index (χ1) is 15.8. The van der Waals surface area contributed by atoms with Gasteiger partial charge in [-0.2, -0.15) is 0 Å². The molecule has 0 radical (unpaired) electrons. The van der Waals surface area contributed by atoms with Crippen LogP contribution >= 0.6 is 0 Å². The van der Waals surface area contributed by atoms with Crippen LogP contribution in [-0.2, 0) is 4.79 Å². The van der Waals surface area contributed by atoms with Gasteiger partial charge in [-0.25, -0.2) is 4.98 Å². The fraction of sp³-hybridized carbons (Fsp3) is 0.185. The molecule has 5 rings (SSSR count). The summed E-state index contributed by atoms with van der Waals surface area (Å²) in [7, 11) is 0. The first-order valence-electron chi connectivity index (χ1n) is 11.0. The quantitative estimate of drug-likeness (QED) is 0.508. The smallest absolute Gasteiger partial charge is 0.238 e. The van der Waals surface area contributed by atoms with E-state index in [-0.39, 0.29) is 5.91 Å². The standard InChI is InChI=1S/C27H26N4O/c32-27(28-22-11-5-2-6-12-22)20-30-15-17-31(18-16-30)26-19-24(21-9-3-1-4-10-21)23-13-7-8-14-25(23)29-26/h1-14,19H,15-18,20H2,(H,28,32). The molecule has 1 aliphatic heterocycles. The summed E-state index contributed by atoms with van der Waals surface area (Å²) in [6.07, 6.45) is 0. The van der Waals surface area contributed by atoms with Gasteiger partial charge < -0.3 is 10.2 Å². The van der Waals surface area contributed by atoms with Gasteiger partial charge >= 0.3 is 0 Å². The number of hydrogen-bond donors (Lipinski definition) is 1. The van der Waals surface area contributed by atoms with Gasteiger partial charge in [0.1, 0.15) is 5.82 Å². The van der Waals surface area contributed by atoms with Crippen molar-refractivity contribution < 1.29 is 4.79 Å². The summed E-state index contributed by atoms with van der Waals surface area (Å²) in [4.78, 5) is 21.9. The molecule has 0 unspecified atom stereocenters. The van der Waals surface area contributed by atoms with Crippen LogP contribution in [0.25, 0.3) is 22.0 Å². The summed E-state index contributed by atoms with van der Waals surface area (Å²) in [6, 6.07) is 30.6. The molecule has 1 saturated heterocycles. The highest BCUT2D eigenvalue weighted by molar-refractivity contribution is 5.96. The molecule has 1 aromatic heterocycles. The normalized spacial score (nSPS) is 14.4. The van der Waals surface area contributed by atoms with Crippen LogP contribution in [0.2, 0.25) is 0 Å². The van der Waals surface area contributed by atoms with E-state index >= 15 is 0 Å². The zero-order chi connectivity index (χ0) is 21.8. The van der Waals surface area contributed by atoms with Crippen molar-refractivity contribution in [1.82, 2.24) is 9.88 Å². The molecule has 1 fully saturated rings. The van der Waals surface area contributed by atoms with Crippen LogP contribution in [0.5, 0.6) is 0 Å². The number of pyridine rings is 1. The number of nitrogens with zero attached hydrogens (tertiary/aromatic N) is 3. The zero-order valence-electron chi connectivity index (χ0n) is 17.9. The Morgan fingerprint density at radius 1 is 0.812 bits per heavy atom. The minimum atomic E-state index is 0.0276. The van der Waals surface area contributed by atoms with Gasteiger partial charge in [-0.1, -0.05) is 66.7 Å². The molecule has 0 atom stereocenters. The number of aromatic nitrogens is 1. The minimum Gasteiger partial charge on any atom is -0.354 e. The van der Waals surface area contributed by atoms with Crippen LogP contribution in [0.1, 0.15) is 0 Å². The van der Waals surface area contributed by atoms with Gasteiger partial charge in [-0.15, -0.1) is 0 Å². The molecule has 1 amide bonds. The highest BCUT2D eigenvalue weighted by Crippen LogP contribution is 2.31. The molecule has 0 bridgehead atoms. The monoisotopic (exact) mass is 422 g/mol. The predicted molar refractivity (Wildman–Crippen MR) is 131 cm³/mol. The van der Waals surface area contributed by atoms with Crippen molar-refractivity contribution in [3.63, 3.8) is 0 Å². The van der Waals surface area contributed by atoms with Crippen molar-refractivity contribution in [1.29, 1.82) is 0 Å². The first-order valence-corrected chi connectivity index (χ1v) is 11.0. The Balaban J connectivity index is 1.29. The third-order valence-corrected chi connectivity index (χ3v) is 5.91. The van der Waals surface area contributed by atoms with Crippen LogP contribution in [0.3, 0.4) is 0 Å². The van der Waals surface area contributed by atoms with E-state index < -0.39 is 0 Å². The van der Waals surface area contributed by atoms with E-state index in [1.807, 2.05) is 42.5 Å². The lowest BCUT2D eigenvalue weighted by Gasteiger charge is -2.35. The van der Waals surface area contributed by atoms with Gasteiger partial charge in [0.25, 0.3) is 0 Å². The average molecular weight is 423 g/mol. The van der Waals surface area contributed by atoms with E-state index in [0.29, 0.717) is 6.54 Å². The molecule has 5 heteroatoms.